The van der Waals surface area contributed by atoms with E-state index in [1.165, 1.54) is 6.07 Å². The molecule has 0 saturated carbocycles. The van der Waals surface area contributed by atoms with Crippen LogP contribution in [0.2, 0.25) is 0 Å². The van der Waals surface area contributed by atoms with E-state index in [0.29, 0.717) is 25.1 Å². The molecule has 5 heteroatoms. The zero-order valence-electron chi connectivity index (χ0n) is 13.5. The van der Waals surface area contributed by atoms with Crippen molar-refractivity contribution in [2.75, 3.05) is 18.5 Å². The van der Waals surface area contributed by atoms with Crippen molar-refractivity contribution >= 4 is 11.6 Å². The van der Waals surface area contributed by atoms with Crippen molar-refractivity contribution < 1.29 is 13.9 Å². The number of halogens is 1. The van der Waals surface area contributed by atoms with Crippen LogP contribution in [-0.2, 0) is 11.3 Å². The summed E-state index contributed by atoms with van der Waals surface area (Å²) in [5.74, 6) is 0.522. The van der Waals surface area contributed by atoms with Gasteiger partial charge in [-0.3, -0.25) is 9.69 Å². The van der Waals surface area contributed by atoms with Crippen molar-refractivity contribution in [3.05, 3.63) is 59.9 Å². The summed E-state index contributed by atoms with van der Waals surface area (Å²) in [5.41, 5.74) is 1.39. The number of ether oxygens (including phenoxy) is 1. The highest BCUT2D eigenvalue weighted by Gasteiger charge is 2.42. The smallest absolute Gasteiger partial charge is 0.244 e. The van der Waals surface area contributed by atoms with Gasteiger partial charge in [-0.25, -0.2) is 4.39 Å². The van der Waals surface area contributed by atoms with Crippen LogP contribution in [0.3, 0.4) is 0 Å². The molecular formula is C19H19FN2O2. The van der Waals surface area contributed by atoms with Crippen LogP contribution in [0.15, 0.2) is 48.5 Å². The van der Waals surface area contributed by atoms with Gasteiger partial charge in [0.2, 0.25) is 5.91 Å². The molecule has 2 heterocycles. The van der Waals surface area contributed by atoms with Crippen LogP contribution in [0.4, 0.5) is 10.1 Å². The van der Waals surface area contributed by atoms with Crippen molar-refractivity contribution in [1.29, 1.82) is 0 Å². The highest BCUT2D eigenvalue weighted by atomic mass is 19.1. The number of carbonyl (C=O) groups excluding carboxylic acids is 1. The van der Waals surface area contributed by atoms with Gasteiger partial charge in [0.25, 0.3) is 0 Å². The number of nitrogens with zero attached hydrogens (tertiary/aromatic N) is 2. The van der Waals surface area contributed by atoms with Gasteiger partial charge in [-0.1, -0.05) is 30.3 Å². The van der Waals surface area contributed by atoms with Crippen molar-refractivity contribution in [3.8, 4) is 5.75 Å². The number of benzene rings is 2. The molecule has 0 N–H and O–H groups in total. The lowest BCUT2D eigenvalue weighted by molar-refractivity contribution is -0.122. The fraction of sp³-hybridized carbons (Fsp3) is 0.316. The lowest BCUT2D eigenvalue weighted by Crippen LogP contribution is -2.44. The molecule has 2 aromatic rings. The molecule has 2 atom stereocenters. The van der Waals surface area contributed by atoms with E-state index in [2.05, 4.69) is 0 Å². The summed E-state index contributed by atoms with van der Waals surface area (Å²) >= 11 is 0. The number of para-hydroxylation sites is 2. The molecule has 0 spiro atoms. The Hall–Kier alpha value is -2.40. The Balaban J connectivity index is 1.64. The predicted octanol–water partition coefficient (Wildman–Crippen LogP) is 2.82. The molecule has 2 bridgehead atoms. The van der Waals surface area contributed by atoms with Gasteiger partial charge >= 0.3 is 0 Å². The van der Waals surface area contributed by atoms with Crippen LogP contribution in [0, 0.1) is 5.82 Å². The van der Waals surface area contributed by atoms with Gasteiger partial charge in [0.1, 0.15) is 17.7 Å². The first kappa shape index (κ1) is 15.1. The maximum Gasteiger partial charge on any atom is 0.244 e. The second-order valence-electron chi connectivity index (χ2n) is 6.38. The summed E-state index contributed by atoms with van der Waals surface area (Å²) in [6, 6.07) is 14.0. The molecule has 1 amide bonds. The molecule has 2 aromatic carbocycles. The SMILES string of the molecule is CN1C(=O)[C@@H]2C[C@@H](CN2Cc2ccccc2F)Oc2ccccc21. The van der Waals surface area contributed by atoms with Gasteiger partial charge < -0.3 is 9.64 Å². The zero-order chi connectivity index (χ0) is 16.7. The highest BCUT2D eigenvalue weighted by molar-refractivity contribution is 5.98. The van der Waals surface area contributed by atoms with E-state index in [9.17, 15) is 9.18 Å². The van der Waals surface area contributed by atoms with Crippen molar-refractivity contribution in [2.45, 2.75) is 25.1 Å². The average molecular weight is 326 g/mol. The van der Waals surface area contributed by atoms with Gasteiger partial charge in [0.05, 0.1) is 11.7 Å². The molecule has 0 unspecified atom stereocenters. The minimum atomic E-state index is -0.284. The molecule has 2 aliphatic heterocycles. The zero-order valence-corrected chi connectivity index (χ0v) is 13.5. The summed E-state index contributed by atoms with van der Waals surface area (Å²) in [4.78, 5) is 16.6. The third kappa shape index (κ3) is 2.55. The van der Waals surface area contributed by atoms with E-state index in [1.54, 1.807) is 24.1 Å². The van der Waals surface area contributed by atoms with E-state index >= 15 is 0 Å². The first-order valence-electron chi connectivity index (χ1n) is 8.14. The molecule has 1 fully saturated rings. The van der Waals surface area contributed by atoms with Crippen molar-refractivity contribution in [1.82, 2.24) is 4.90 Å². The standard InChI is InChI=1S/C19H19FN2O2/c1-21-16-8-4-5-9-18(16)24-14-10-17(19(21)23)22(12-14)11-13-6-2-3-7-15(13)20/h2-9,14,17H,10-12H2,1H3/t14-,17-/m0/s1. The van der Waals surface area contributed by atoms with Crippen LogP contribution in [0.25, 0.3) is 0 Å². The number of hydrogen-bond acceptors (Lipinski definition) is 3. The molecular weight excluding hydrogens is 307 g/mol. The molecule has 1 saturated heterocycles. The Kier molecular flexibility index (Phi) is 3.73. The molecule has 0 radical (unpaired) electrons. The Morgan fingerprint density at radius 1 is 1.17 bits per heavy atom. The summed E-state index contributed by atoms with van der Waals surface area (Å²) in [6.45, 7) is 1.03. The van der Waals surface area contributed by atoms with E-state index in [0.717, 1.165) is 11.4 Å². The van der Waals surface area contributed by atoms with Gasteiger partial charge in [0, 0.05) is 32.1 Å². The Labute approximate surface area is 140 Å². The number of fused-ring (bicyclic) bond motifs is 3. The number of carbonyl (C=O) groups is 1. The lowest BCUT2D eigenvalue weighted by atomic mass is 10.1. The van der Waals surface area contributed by atoms with Gasteiger partial charge in [-0.15, -0.1) is 0 Å². The number of likely N-dealkylation sites (tertiary alicyclic amines) is 1. The average Bonchev–Trinajstić information content (AvgIpc) is 2.99. The normalized spacial score (nSPS) is 23.4. The fourth-order valence-corrected chi connectivity index (χ4v) is 3.58. The van der Waals surface area contributed by atoms with Gasteiger partial charge in [-0.2, -0.15) is 0 Å². The first-order valence-corrected chi connectivity index (χ1v) is 8.14. The van der Waals surface area contributed by atoms with E-state index in [1.807, 2.05) is 35.2 Å². The minimum absolute atomic E-state index is 0.0320. The second kappa shape index (κ2) is 5.91. The number of hydrogen-bond donors (Lipinski definition) is 0. The first-order chi connectivity index (χ1) is 11.6. The minimum Gasteiger partial charge on any atom is -0.487 e. The maximum atomic E-state index is 14.0. The summed E-state index contributed by atoms with van der Waals surface area (Å²) in [7, 11) is 1.77. The van der Waals surface area contributed by atoms with Crippen LogP contribution in [-0.4, -0.2) is 36.5 Å². The fourth-order valence-electron chi connectivity index (χ4n) is 3.58. The van der Waals surface area contributed by atoms with Crippen molar-refractivity contribution in [2.24, 2.45) is 0 Å². The monoisotopic (exact) mass is 326 g/mol. The van der Waals surface area contributed by atoms with Crippen LogP contribution >= 0.6 is 0 Å². The van der Waals surface area contributed by atoms with Gasteiger partial charge in [-0.05, 0) is 18.2 Å². The van der Waals surface area contributed by atoms with Crippen LogP contribution in [0.1, 0.15) is 12.0 Å². The third-order valence-corrected chi connectivity index (χ3v) is 4.83. The lowest BCUT2D eigenvalue weighted by Gasteiger charge is -2.29. The van der Waals surface area contributed by atoms with Crippen molar-refractivity contribution in [3.63, 3.8) is 0 Å². The molecule has 4 nitrogen and oxygen atoms in total. The van der Waals surface area contributed by atoms with Gasteiger partial charge in [0.15, 0.2) is 0 Å². The summed E-state index contributed by atoms with van der Waals surface area (Å²) in [5, 5.41) is 0. The number of rotatable bonds is 2. The Bertz CT molecular complexity index is 779. The Morgan fingerprint density at radius 2 is 1.92 bits per heavy atom. The summed E-state index contributed by atoms with van der Waals surface area (Å²) in [6.07, 6.45) is 0.576. The topological polar surface area (TPSA) is 32.8 Å². The van der Waals surface area contributed by atoms with Crippen LogP contribution < -0.4 is 9.64 Å². The molecule has 124 valence electrons. The number of anilines is 1. The highest BCUT2D eigenvalue weighted by Crippen LogP contribution is 2.35. The molecule has 2 aliphatic rings. The molecule has 0 aliphatic carbocycles. The van der Waals surface area contributed by atoms with Crippen LogP contribution in [0.5, 0.6) is 5.75 Å². The van der Waals surface area contributed by atoms with E-state index in [4.69, 9.17) is 4.74 Å². The summed E-state index contributed by atoms with van der Waals surface area (Å²) < 4.78 is 20.1. The quantitative estimate of drug-likeness (QED) is 0.851. The predicted molar refractivity (Wildman–Crippen MR) is 89.5 cm³/mol. The van der Waals surface area contributed by atoms with E-state index in [-0.39, 0.29) is 23.9 Å². The second-order valence-corrected chi connectivity index (χ2v) is 6.38. The molecule has 0 aromatic heterocycles. The Morgan fingerprint density at radius 3 is 2.75 bits per heavy atom. The number of likely N-dealkylation sites (N-methyl/N-ethyl adjacent to an activating group) is 1. The van der Waals surface area contributed by atoms with E-state index < -0.39 is 0 Å². The number of amides is 1. The molecule has 4 rings (SSSR count). The maximum absolute atomic E-state index is 14.0. The molecule has 24 heavy (non-hydrogen) atoms. The third-order valence-electron chi connectivity index (χ3n) is 4.83. The largest absolute Gasteiger partial charge is 0.487 e.